The van der Waals surface area contributed by atoms with E-state index in [-0.39, 0.29) is 18.5 Å². The summed E-state index contributed by atoms with van der Waals surface area (Å²) < 4.78 is 5.16. The van der Waals surface area contributed by atoms with Crippen LogP contribution in [0.25, 0.3) is 0 Å². The minimum atomic E-state index is -0.133. The number of carbonyl (C=O) groups is 2. The summed E-state index contributed by atoms with van der Waals surface area (Å²) in [7, 11) is 1.63. The van der Waals surface area contributed by atoms with Crippen molar-refractivity contribution in [2.24, 2.45) is 0 Å². The van der Waals surface area contributed by atoms with Crippen LogP contribution >= 0.6 is 0 Å². The molecule has 0 unspecified atom stereocenters. The van der Waals surface area contributed by atoms with E-state index in [4.69, 9.17) is 4.74 Å². The third-order valence-corrected chi connectivity index (χ3v) is 2.36. The summed E-state index contributed by atoms with van der Waals surface area (Å²) in [4.78, 5) is 26.3. The molecule has 3 amide bonds. The number of carbonyl (C=O) groups excluding carboxylic acids is 2. The van der Waals surface area contributed by atoms with Gasteiger partial charge in [0.1, 0.15) is 6.54 Å². The van der Waals surface area contributed by atoms with Crippen molar-refractivity contribution >= 4 is 11.9 Å². The molecular weight excluding hydrogens is 210 g/mol. The normalized spacial score (nSPS) is 15.8. The number of nitrogens with one attached hydrogen (secondary N) is 1. The Morgan fingerprint density at radius 1 is 1.38 bits per heavy atom. The van der Waals surface area contributed by atoms with Gasteiger partial charge in [-0.3, -0.25) is 4.79 Å². The fourth-order valence-electron chi connectivity index (χ4n) is 1.53. The van der Waals surface area contributed by atoms with E-state index in [1.165, 1.54) is 4.90 Å². The zero-order chi connectivity index (χ0) is 12.0. The fraction of sp³-hybridized carbons (Fsp3) is 0.800. The van der Waals surface area contributed by atoms with Crippen molar-refractivity contribution in [3.05, 3.63) is 0 Å². The van der Waals surface area contributed by atoms with Crippen LogP contribution in [0, 0.1) is 0 Å². The molecule has 0 saturated carbocycles. The van der Waals surface area contributed by atoms with Crippen LogP contribution in [0.5, 0.6) is 0 Å². The van der Waals surface area contributed by atoms with Crippen molar-refractivity contribution < 1.29 is 14.3 Å². The zero-order valence-corrected chi connectivity index (χ0v) is 9.86. The van der Waals surface area contributed by atoms with Crippen LogP contribution in [0.15, 0.2) is 0 Å². The highest BCUT2D eigenvalue weighted by Gasteiger charge is 2.21. The molecule has 1 saturated heterocycles. The van der Waals surface area contributed by atoms with Crippen molar-refractivity contribution in [1.82, 2.24) is 15.1 Å². The van der Waals surface area contributed by atoms with E-state index >= 15 is 0 Å². The maximum absolute atomic E-state index is 11.9. The molecular formula is C10H19N3O3. The molecule has 1 aliphatic rings. The van der Waals surface area contributed by atoms with E-state index in [0.29, 0.717) is 32.8 Å². The van der Waals surface area contributed by atoms with Crippen LogP contribution in [0.1, 0.15) is 6.92 Å². The summed E-state index contributed by atoms with van der Waals surface area (Å²) in [6.07, 6.45) is 0. The molecule has 0 aromatic carbocycles. The van der Waals surface area contributed by atoms with Gasteiger partial charge in [-0.25, -0.2) is 4.79 Å². The van der Waals surface area contributed by atoms with Gasteiger partial charge < -0.3 is 19.9 Å². The van der Waals surface area contributed by atoms with Gasteiger partial charge in [0.2, 0.25) is 5.91 Å². The van der Waals surface area contributed by atoms with Gasteiger partial charge in [0, 0.05) is 26.7 Å². The molecule has 0 aliphatic carbocycles. The first kappa shape index (κ1) is 12.8. The lowest BCUT2D eigenvalue weighted by molar-refractivity contribution is -0.121. The van der Waals surface area contributed by atoms with Crippen molar-refractivity contribution in [1.29, 1.82) is 0 Å². The number of morpholine rings is 1. The lowest BCUT2D eigenvalue weighted by atomic mass is 10.4. The number of urea groups is 1. The van der Waals surface area contributed by atoms with Crippen LogP contribution in [0.4, 0.5) is 4.79 Å². The molecule has 6 nitrogen and oxygen atoms in total. The highest BCUT2D eigenvalue weighted by Crippen LogP contribution is 2.01. The Kier molecular flexibility index (Phi) is 5.04. The Morgan fingerprint density at radius 2 is 2.00 bits per heavy atom. The van der Waals surface area contributed by atoms with Gasteiger partial charge in [0.05, 0.1) is 13.2 Å². The number of hydrogen-bond donors (Lipinski definition) is 1. The Bertz CT molecular complexity index is 252. The van der Waals surface area contributed by atoms with Gasteiger partial charge in [0.15, 0.2) is 0 Å². The molecule has 16 heavy (non-hydrogen) atoms. The van der Waals surface area contributed by atoms with Gasteiger partial charge in [-0.05, 0) is 6.92 Å². The number of ether oxygens (including phenoxy) is 1. The predicted octanol–water partition coefficient (Wildman–Crippen LogP) is -0.493. The standard InChI is InChI=1S/C10H19N3O3/c1-3-11-9(14)8-12(2)10(15)13-4-6-16-7-5-13/h3-8H2,1-2H3,(H,11,14). The number of hydrogen-bond acceptors (Lipinski definition) is 3. The van der Waals surface area contributed by atoms with E-state index in [1.807, 2.05) is 6.92 Å². The number of nitrogens with zero attached hydrogens (tertiary/aromatic N) is 2. The lowest BCUT2D eigenvalue weighted by Gasteiger charge is -2.30. The first-order valence-electron chi connectivity index (χ1n) is 5.49. The molecule has 0 aromatic heterocycles. The van der Waals surface area contributed by atoms with Crippen molar-refractivity contribution in [2.45, 2.75) is 6.92 Å². The molecule has 1 N–H and O–H groups in total. The van der Waals surface area contributed by atoms with Crippen molar-refractivity contribution in [2.75, 3.05) is 46.4 Å². The second kappa shape index (κ2) is 6.32. The van der Waals surface area contributed by atoms with E-state index in [2.05, 4.69) is 5.32 Å². The van der Waals surface area contributed by atoms with E-state index in [9.17, 15) is 9.59 Å². The van der Waals surface area contributed by atoms with Crippen LogP contribution in [0.3, 0.4) is 0 Å². The van der Waals surface area contributed by atoms with E-state index < -0.39 is 0 Å². The van der Waals surface area contributed by atoms with Crippen LogP contribution in [-0.4, -0.2) is 68.2 Å². The number of amides is 3. The summed E-state index contributed by atoms with van der Waals surface area (Å²) in [5.74, 6) is -0.133. The highest BCUT2D eigenvalue weighted by atomic mass is 16.5. The minimum Gasteiger partial charge on any atom is -0.378 e. The molecule has 92 valence electrons. The molecule has 1 heterocycles. The fourth-order valence-corrected chi connectivity index (χ4v) is 1.53. The lowest BCUT2D eigenvalue weighted by Crippen LogP contribution is -2.49. The molecule has 0 bridgehead atoms. The van der Waals surface area contributed by atoms with Crippen LogP contribution in [-0.2, 0) is 9.53 Å². The number of rotatable bonds is 3. The summed E-state index contributed by atoms with van der Waals surface area (Å²) in [5, 5.41) is 2.66. The summed E-state index contributed by atoms with van der Waals surface area (Å²) >= 11 is 0. The van der Waals surface area contributed by atoms with Gasteiger partial charge in [-0.2, -0.15) is 0 Å². The summed E-state index contributed by atoms with van der Waals surface area (Å²) in [6, 6.07) is -0.116. The quantitative estimate of drug-likeness (QED) is 0.710. The Hall–Kier alpha value is -1.30. The molecule has 0 atom stereocenters. The summed E-state index contributed by atoms with van der Waals surface area (Å²) in [6.45, 7) is 4.86. The minimum absolute atomic E-state index is 0.101. The molecule has 0 spiro atoms. The zero-order valence-electron chi connectivity index (χ0n) is 9.86. The predicted molar refractivity (Wildman–Crippen MR) is 59.1 cm³/mol. The highest BCUT2D eigenvalue weighted by molar-refractivity contribution is 5.83. The van der Waals surface area contributed by atoms with Gasteiger partial charge in [-0.15, -0.1) is 0 Å². The van der Waals surface area contributed by atoms with Crippen molar-refractivity contribution in [3.63, 3.8) is 0 Å². The molecule has 1 rings (SSSR count). The van der Waals surface area contributed by atoms with E-state index in [0.717, 1.165) is 0 Å². The molecule has 1 fully saturated rings. The Morgan fingerprint density at radius 3 is 2.56 bits per heavy atom. The van der Waals surface area contributed by atoms with Crippen LogP contribution in [0.2, 0.25) is 0 Å². The van der Waals surface area contributed by atoms with Crippen molar-refractivity contribution in [3.8, 4) is 0 Å². The first-order chi connectivity index (χ1) is 7.65. The maximum Gasteiger partial charge on any atom is 0.320 e. The summed E-state index contributed by atoms with van der Waals surface area (Å²) in [5.41, 5.74) is 0. The average Bonchev–Trinajstić information content (AvgIpc) is 2.29. The second-order valence-electron chi connectivity index (χ2n) is 3.69. The van der Waals surface area contributed by atoms with E-state index in [1.54, 1.807) is 11.9 Å². The molecule has 0 aromatic rings. The average molecular weight is 229 g/mol. The number of likely N-dealkylation sites (N-methyl/N-ethyl adjacent to an activating group) is 2. The largest absolute Gasteiger partial charge is 0.378 e. The molecule has 6 heteroatoms. The SMILES string of the molecule is CCNC(=O)CN(C)C(=O)N1CCOCC1. The maximum atomic E-state index is 11.9. The first-order valence-corrected chi connectivity index (χ1v) is 5.49. The monoisotopic (exact) mass is 229 g/mol. The van der Waals surface area contributed by atoms with Gasteiger partial charge >= 0.3 is 6.03 Å². The Labute approximate surface area is 95.5 Å². The second-order valence-corrected chi connectivity index (χ2v) is 3.69. The van der Waals surface area contributed by atoms with Gasteiger partial charge in [-0.1, -0.05) is 0 Å². The molecule has 0 radical (unpaired) electrons. The Balaban J connectivity index is 2.37. The smallest absolute Gasteiger partial charge is 0.320 e. The third kappa shape index (κ3) is 3.69. The van der Waals surface area contributed by atoms with Crippen LogP contribution < -0.4 is 5.32 Å². The third-order valence-electron chi connectivity index (χ3n) is 2.36. The molecule has 1 aliphatic heterocycles. The topological polar surface area (TPSA) is 61.9 Å². The van der Waals surface area contributed by atoms with Gasteiger partial charge in [0.25, 0.3) is 0 Å².